The van der Waals surface area contributed by atoms with Crippen LogP contribution in [0.2, 0.25) is 0 Å². The van der Waals surface area contributed by atoms with E-state index >= 15 is 0 Å². The van der Waals surface area contributed by atoms with E-state index in [0.717, 1.165) is 18.5 Å². The van der Waals surface area contributed by atoms with Crippen LogP contribution in [0.5, 0.6) is 0 Å². The summed E-state index contributed by atoms with van der Waals surface area (Å²) >= 11 is 0. The summed E-state index contributed by atoms with van der Waals surface area (Å²) < 4.78 is 72.0. The van der Waals surface area contributed by atoms with E-state index in [1.807, 2.05) is 4.90 Å². The van der Waals surface area contributed by atoms with Crippen LogP contribution in [0.1, 0.15) is 12.5 Å². The van der Waals surface area contributed by atoms with E-state index in [1.54, 1.807) is 13.0 Å². The molecule has 4 rings (SSSR count). The number of rotatable bonds is 5. The summed E-state index contributed by atoms with van der Waals surface area (Å²) in [5.41, 5.74) is -0.136. The number of hydrogen-bond donors (Lipinski definition) is 1. The van der Waals surface area contributed by atoms with E-state index in [2.05, 4.69) is 19.7 Å². The fourth-order valence-corrected chi connectivity index (χ4v) is 4.39. The van der Waals surface area contributed by atoms with Crippen LogP contribution in [-0.2, 0) is 20.9 Å². The lowest BCUT2D eigenvalue weighted by atomic mass is 10.1. The highest BCUT2D eigenvalue weighted by Gasteiger charge is 2.31. The number of pyridine rings is 1. The molecular formula is C19H21F3N6O3S. The van der Waals surface area contributed by atoms with Crippen LogP contribution in [0.25, 0.3) is 17.2 Å². The van der Waals surface area contributed by atoms with Crippen molar-refractivity contribution in [2.24, 2.45) is 0 Å². The summed E-state index contributed by atoms with van der Waals surface area (Å²) in [5, 5.41) is 0. The Kier molecular flexibility index (Phi) is 5.81. The SMILES string of the molecule is C[C@@H](NS(C)(=O)=O)C1CN(c2ccnc(-c3cnc4ccc(C(F)(F)F)cn34)n2)CCO1. The van der Waals surface area contributed by atoms with E-state index in [1.165, 1.54) is 22.9 Å². The molecule has 172 valence electrons. The number of hydrogen-bond acceptors (Lipinski definition) is 7. The van der Waals surface area contributed by atoms with E-state index < -0.39 is 33.9 Å². The van der Waals surface area contributed by atoms with Gasteiger partial charge < -0.3 is 9.64 Å². The second kappa shape index (κ2) is 8.30. The summed E-state index contributed by atoms with van der Waals surface area (Å²) in [5.74, 6) is 0.774. The highest BCUT2D eigenvalue weighted by atomic mass is 32.2. The van der Waals surface area contributed by atoms with Crippen LogP contribution in [0, 0.1) is 0 Å². The summed E-state index contributed by atoms with van der Waals surface area (Å²) in [7, 11) is -3.39. The van der Waals surface area contributed by atoms with E-state index in [9.17, 15) is 21.6 Å². The zero-order valence-electron chi connectivity index (χ0n) is 17.2. The van der Waals surface area contributed by atoms with Gasteiger partial charge in [0.05, 0.1) is 30.7 Å². The number of imidazole rings is 1. The van der Waals surface area contributed by atoms with Gasteiger partial charge in [-0.2, -0.15) is 13.2 Å². The number of fused-ring (bicyclic) bond motifs is 1. The predicted molar refractivity (Wildman–Crippen MR) is 111 cm³/mol. The van der Waals surface area contributed by atoms with Crippen molar-refractivity contribution in [1.29, 1.82) is 0 Å². The number of aromatic nitrogens is 4. The fourth-order valence-electron chi connectivity index (χ4n) is 3.56. The molecule has 2 atom stereocenters. The van der Waals surface area contributed by atoms with Crippen molar-refractivity contribution >= 4 is 21.5 Å². The molecule has 1 fully saturated rings. The van der Waals surface area contributed by atoms with Crippen LogP contribution in [-0.4, -0.2) is 65.9 Å². The molecule has 32 heavy (non-hydrogen) atoms. The Morgan fingerprint density at radius 3 is 2.75 bits per heavy atom. The van der Waals surface area contributed by atoms with Crippen molar-refractivity contribution in [2.45, 2.75) is 25.2 Å². The molecule has 0 saturated carbocycles. The third-order valence-corrected chi connectivity index (χ3v) is 5.88. The van der Waals surface area contributed by atoms with Crippen LogP contribution in [0.4, 0.5) is 19.0 Å². The number of sulfonamides is 1. The van der Waals surface area contributed by atoms with Crippen LogP contribution in [0.3, 0.4) is 0 Å². The minimum Gasteiger partial charge on any atom is -0.373 e. The van der Waals surface area contributed by atoms with Gasteiger partial charge in [-0.15, -0.1) is 0 Å². The molecule has 0 amide bonds. The van der Waals surface area contributed by atoms with Gasteiger partial charge in [0.1, 0.15) is 17.2 Å². The van der Waals surface area contributed by atoms with Gasteiger partial charge in [-0.1, -0.05) is 0 Å². The average molecular weight is 470 g/mol. The second-order valence-electron chi connectivity index (χ2n) is 7.56. The molecule has 4 heterocycles. The number of anilines is 1. The number of nitrogens with zero attached hydrogens (tertiary/aromatic N) is 5. The molecule has 0 aliphatic carbocycles. The van der Waals surface area contributed by atoms with Gasteiger partial charge in [-0.05, 0) is 25.1 Å². The molecule has 13 heteroatoms. The van der Waals surface area contributed by atoms with Crippen molar-refractivity contribution in [3.8, 4) is 11.5 Å². The monoisotopic (exact) mass is 470 g/mol. The van der Waals surface area contributed by atoms with Gasteiger partial charge in [-0.25, -0.2) is 28.1 Å². The average Bonchev–Trinajstić information content (AvgIpc) is 3.15. The normalized spacial score (nSPS) is 18.8. The first-order valence-electron chi connectivity index (χ1n) is 9.73. The Morgan fingerprint density at radius 2 is 2.03 bits per heavy atom. The number of nitrogens with one attached hydrogen (secondary N) is 1. The maximum absolute atomic E-state index is 13.1. The van der Waals surface area contributed by atoms with Crippen molar-refractivity contribution in [1.82, 2.24) is 24.1 Å². The summed E-state index contributed by atoms with van der Waals surface area (Å²) in [6.07, 6.45) is 0.111. The highest BCUT2D eigenvalue weighted by molar-refractivity contribution is 7.88. The molecule has 1 unspecified atom stereocenters. The Balaban J connectivity index is 1.62. The zero-order chi connectivity index (χ0) is 23.1. The maximum Gasteiger partial charge on any atom is 0.417 e. The van der Waals surface area contributed by atoms with E-state index in [-0.39, 0.29) is 5.82 Å². The Bertz CT molecular complexity index is 1230. The third-order valence-electron chi connectivity index (χ3n) is 5.08. The highest BCUT2D eigenvalue weighted by Crippen LogP contribution is 2.30. The quantitative estimate of drug-likeness (QED) is 0.608. The lowest BCUT2D eigenvalue weighted by Crippen LogP contribution is -2.52. The topological polar surface area (TPSA) is 102 Å². The molecule has 0 spiro atoms. The molecule has 9 nitrogen and oxygen atoms in total. The molecule has 0 bridgehead atoms. The van der Waals surface area contributed by atoms with Crippen molar-refractivity contribution in [2.75, 3.05) is 30.9 Å². The molecule has 1 saturated heterocycles. The van der Waals surface area contributed by atoms with Gasteiger partial charge in [0.15, 0.2) is 5.82 Å². The minimum atomic E-state index is -4.49. The lowest BCUT2D eigenvalue weighted by Gasteiger charge is -2.36. The molecule has 3 aromatic heterocycles. The van der Waals surface area contributed by atoms with Crippen molar-refractivity contribution < 1.29 is 26.3 Å². The summed E-state index contributed by atoms with van der Waals surface area (Å²) in [4.78, 5) is 14.8. The first kappa shape index (κ1) is 22.4. The van der Waals surface area contributed by atoms with Gasteiger partial charge in [0.2, 0.25) is 10.0 Å². The second-order valence-corrected chi connectivity index (χ2v) is 9.34. The molecule has 1 aliphatic heterocycles. The summed E-state index contributed by atoms with van der Waals surface area (Å²) in [6.45, 7) is 2.98. The summed E-state index contributed by atoms with van der Waals surface area (Å²) in [6, 6.07) is 3.50. The van der Waals surface area contributed by atoms with Gasteiger partial charge in [0.25, 0.3) is 0 Å². The molecular weight excluding hydrogens is 449 g/mol. The smallest absolute Gasteiger partial charge is 0.373 e. The number of morpholine rings is 1. The standard InChI is InChI=1S/C19H21F3N6O3S/c1-12(26-32(2,29)30)15-11-27(7-8-31-15)17-5-6-23-18(25-17)14-9-24-16-4-3-13(10-28(14)16)19(20,21)22/h3-6,9-10,12,15,26H,7-8,11H2,1-2H3/t12-,15?/m1/s1. The number of alkyl halides is 3. The van der Waals surface area contributed by atoms with Crippen LogP contribution < -0.4 is 9.62 Å². The maximum atomic E-state index is 13.1. The largest absolute Gasteiger partial charge is 0.417 e. The first-order chi connectivity index (χ1) is 15.0. The number of halogens is 3. The molecule has 1 aliphatic rings. The molecule has 0 aromatic carbocycles. The molecule has 1 N–H and O–H groups in total. The van der Waals surface area contributed by atoms with Crippen molar-refractivity contribution in [3.63, 3.8) is 0 Å². The molecule has 3 aromatic rings. The van der Waals surface area contributed by atoms with E-state index in [0.29, 0.717) is 36.9 Å². The number of ether oxygens (including phenoxy) is 1. The van der Waals surface area contributed by atoms with Gasteiger partial charge in [0, 0.05) is 31.5 Å². The Labute approximate surface area is 182 Å². The minimum absolute atomic E-state index is 0.222. The van der Waals surface area contributed by atoms with Crippen molar-refractivity contribution in [3.05, 3.63) is 42.4 Å². The van der Waals surface area contributed by atoms with Crippen LogP contribution >= 0.6 is 0 Å². The Morgan fingerprint density at radius 1 is 1.25 bits per heavy atom. The first-order valence-corrected chi connectivity index (χ1v) is 11.6. The van der Waals surface area contributed by atoms with Gasteiger partial charge in [-0.3, -0.25) is 4.40 Å². The third kappa shape index (κ3) is 4.84. The van der Waals surface area contributed by atoms with Crippen LogP contribution in [0.15, 0.2) is 36.8 Å². The zero-order valence-corrected chi connectivity index (χ0v) is 18.1. The van der Waals surface area contributed by atoms with Gasteiger partial charge >= 0.3 is 6.18 Å². The predicted octanol–water partition coefficient (Wildman–Crippen LogP) is 1.95. The lowest BCUT2D eigenvalue weighted by molar-refractivity contribution is -0.137. The Hall–Kier alpha value is -2.77. The fraction of sp³-hybridized carbons (Fsp3) is 0.421. The van der Waals surface area contributed by atoms with E-state index in [4.69, 9.17) is 4.74 Å². The molecule has 0 radical (unpaired) electrons.